The number of carbonyl (C=O) groups is 2. The molecule has 1 aromatic heterocycles. The Kier molecular flexibility index (Phi) is 4.85. The van der Waals surface area contributed by atoms with Crippen molar-refractivity contribution in [2.45, 2.75) is 45.3 Å². The monoisotopic (exact) mass is 308 g/mol. The highest BCUT2D eigenvalue weighted by molar-refractivity contribution is 5.85. The van der Waals surface area contributed by atoms with Crippen LogP contribution in [-0.2, 0) is 20.9 Å². The molecular formula is C15H24N4O3. The molecule has 1 saturated heterocycles. The van der Waals surface area contributed by atoms with E-state index in [0.717, 1.165) is 5.82 Å². The summed E-state index contributed by atoms with van der Waals surface area (Å²) < 4.78 is 7.42. The van der Waals surface area contributed by atoms with Gasteiger partial charge < -0.3 is 19.9 Å². The standard InChI is InChI=1S/C15H24N4O3/c1-11(2)13-17-5-7-18(13)6-4-12(20)19-8-9-22-15(3,10-19)14(16)21/h5,7,11H,4,6,8-10H2,1-3H3,(H2,16,21)/t15-/m1/s1. The number of hydrogen-bond acceptors (Lipinski definition) is 4. The van der Waals surface area contributed by atoms with E-state index in [4.69, 9.17) is 10.5 Å². The lowest BCUT2D eigenvalue weighted by atomic mass is 10.0. The zero-order valence-electron chi connectivity index (χ0n) is 13.4. The molecule has 2 heterocycles. The first-order chi connectivity index (χ1) is 10.3. The minimum atomic E-state index is -1.09. The highest BCUT2D eigenvalue weighted by Gasteiger charge is 2.39. The summed E-state index contributed by atoms with van der Waals surface area (Å²) in [6.07, 6.45) is 4.00. The van der Waals surface area contributed by atoms with E-state index in [1.807, 2.05) is 10.8 Å². The zero-order valence-corrected chi connectivity index (χ0v) is 13.4. The number of morpholine rings is 1. The maximum Gasteiger partial charge on any atom is 0.251 e. The summed E-state index contributed by atoms with van der Waals surface area (Å²) in [4.78, 5) is 29.8. The van der Waals surface area contributed by atoms with Gasteiger partial charge in [0, 0.05) is 37.8 Å². The number of ether oxygens (including phenoxy) is 1. The van der Waals surface area contributed by atoms with Gasteiger partial charge in [-0.2, -0.15) is 0 Å². The smallest absolute Gasteiger partial charge is 0.251 e. The maximum absolute atomic E-state index is 12.4. The zero-order chi connectivity index (χ0) is 16.3. The molecule has 122 valence electrons. The van der Waals surface area contributed by atoms with Gasteiger partial charge in [0.1, 0.15) is 5.82 Å². The molecular weight excluding hydrogens is 284 g/mol. The molecule has 0 unspecified atom stereocenters. The quantitative estimate of drug-likeness (QED) is 0.857. The predicted octanol–water partition coefficient (Wildman–Crippen LogP) is 0.499. The number of nitrogens with zero attached hydrogens (tertiary/aromatic N) is 3. The number of primary amides is 1. The van der Waals surface area contributed by atoms with Gasteiger partial charge in [0.15, 0.2) is 5.60 Å². The SMILES string of the molecule is CC(C)c1nccn1CCC(=O)N1CCO[C@@](C)(C(N)=O)C1. The van der Waals surface area contributed by atoms with Crippen molar-refractivity contribution in [2.24, 2.45) is 5.73 Å². The van der Waals surface area contributed by atoms with Gasteiger partial charge in [0.05, 0.1) is 13.2 Å². The van der Waals surface area contributed by atoms with Gasteiger partial charge in [0.2, 0.25) is 5.91 Å². The van der Waals surface area contributed by atoms with Crippen molar-refractivity contribution in [2.75, 3.05) is 19.7 Å². The van der Waals surface area contributed by atoms with Gasteiger partial charge in [-0.05, 0) is 6.92 Å². The lowest BCUT2D eigenvalue weighted by Crippen LogP contribution is -2.58. The molecule has 0 spiro atoms. The number of nitrogens with two attached hydrogens (primary N) is 1. The summed E-state index contributed by atoms with van der Waals surface area (Å²) in [7, 11) is 0. The summed E-state index contributed by atoms with van der Waals surface area (Å²) in [5, 5.41) is 0. The Morgan fingerprint density at radius 1 is 1.50 bits per heavy atom. The van der Waals surface area contributed by atoms with Crippen LogP contribution in [0.3, 0.4) is 0 Å². The number of imidazole rings is 1. The molecule has 2 N–H and O–H groups in total. The van der Waals surface area contributed by atoms with Crippen LogP contribution in [0.1, 0.15) is 38.9 Å². The van der Waals surface area contributed by atoms with E-state index in [1.165, 1.54) is 0 Å². The second-order valence-electron chi connectivity index (χ2n) is 6.14. The van der Waals surface area contributed by atoms with Gasteiger partial charge in [0.25, 0.3) is 5.91 Å². The van der Waals surface area contributed by atoms with Crippen LogP contribution in [0.25, 0.3) is 0 Å². The van der Waals surface area contributed by atoms with Gasteiger partial charge in [-0.1, -0.05) is 13.8 Å². The van der Waals surface area contributed by atoms with E-state index in [2.05, 4.69) is 18.8 Å². The fraction of sp³-hybridized carbons (Fsp3) is 0.667. The molecule has 0 aliphatic carbocycles. The van der Waals surface area contributed by atoms with E-state index in [9.17, 15) is 9.59 Å². The fourth-order valence-corrected chi connectivity index (χ4v) is 2.62. The molecule has 0 bridgehead atoms. The Labute approximate surface area is 130 Å². The van der Waals surface area contributed by atoms with E-state index in [-0.39, 0.29) is 12.5 Å². The van der Waals surface area contributed by atoms with E-state index in [1.54, 1.807) is 18.0 Å². The van der Waals surface area contributed by atoms with Crippen LogP contribution >= 0.6 is 0 Å². The molecule has 2 rings (SSSR count). The third-order valence-electron chi connectivity index (χ3n) is 3.98. The Balaban J connectivity index is 1.95. The van der Waals surface area contributed by atoms with Crippen LogP contribution in [0.15, 0.2) is 12.4 Å². The van der Waals surface area contributed by atoms with Crippen LogP contribution in [0.4, 0.5) is 0 Å². The Morgan fingerprint density at radius 3 is 2.86 bits per heavy atom. The first kappa shape index (κ1) is 16.5. The van der Waals surface area contributed by atoms with Crippen molar-refractivity contribution in [3.05, 3.63) is 18.2 Å². The van der Waals surface area contributed by atoms with Gasteiger partial charge in [-0.25, -0.2) is 4.98 Å². The summed E-state index contributed by atoms with van der Waals surface area (Å²) >= 11 is 0. The fourth-order valence-electron chi connectivity index (χ4n) is 2.62. The molecule has 22 heavy (non-hydrogen) atoms. The van der Waals surface area contributed by atoms with Crippen LogP contribution in [0.2, 0.25) is 0 Å². The van der Waals surface area contributed by atoms with Crippen LogP contribution < -0.4 is 5.73 Å². The summed E-state index contributed by atoms with van der Waals surface area (Å²) in [5.41, 5.74) is 4.26. The number of rotatable bonds is 5. The lowest BCUT2D eigenvalue weighted by Gasteiger charge is -2.38. The largest absolute Gasteiger partial charge is 0.367 e. The van der Waals surface area contributed by atoms with Gasteiger partial charge in [-0.3, -0.25) is 9.59 Å². The average molecular weight is 308 g/mol. The molecule has 0 radical (unpaired) electrons. The van der Waals surface area contributed by atoms with Crippen molar-refractivity contribution in [3.8, 4) is 0 Å². The Bertz CT molecular complexity index is 555. The second kappa shape index (κ2) is 6.48. The Hall–Kier alpha value is -1.89. The van der Waals surface area contributed by atoms with Crippen molar-refractivity contribution in [3.63, 3.8) is 0 Å². The maximum atomic E-state index is 12.4. The number of amides is 2. The van der Waals surface area contributed by atoms with E-state index < -0.39 is 11.5 Å². The third kappa shape index (κ3) is 3.47. The van der Waals surface area contributed by atoms with E-state index in [0.29, 0.717) is 32.0 Å². The van der Waals surface area contributed by atoms with Crippen LogP contribution in [0.5, 0.6) is 0 Å². The van der Waals surface area contributed by atoms with E-state index >= 15 is 0 Å². The predicted molar refractivity (Wildman–Crippen MR) is 81.1 cm³/mol. The first-order valence-corrected chi connectivity index (χ1v) is 7.56. The number of hydrogen-bond donors (Lipinski definition) is 1. The minimum Gasteiger partial charge on any atom is -0.367 e. The van der Waals surface area contributed by atoms with Crippen LogP contribution in [-0.4, -0.2) is 51.6 Å². The van der Waals surface area contributed by atoms with Crippen molar-refractivity contribution in [1.82, 2.24) is 14.5 Å². The summed E-state index contributed by atoms with van der Waals surface area (Å²) in [5.74, 6) is 0.740. The third-order valence-corrected chi connectivity index (χ3v) is 3.98. The molecule has 1 aromatic rings. The Morgan fingerprint density at radius 2 is 2.23 bits per heavy atom. The minimum absolute atomic E-state index is 0.000758. The summed E-state index contributed by atoms with van der Waals surface area (Å²) in [6, 6.07) is 0. The topological polar surface area (TPSA) is 90.4 Å². The molecule has 0 aromatic carbocycles. The highest BCUT2D eigenvalue weighted by Crippen LogP contribution is 2.18. The normalized spacial score (nSPS) is 22.1. The molecule has 0 saturated carbocycles. The van der Waals surface area contributed by atoms with Gasteiger partial charge in [-0.15, -0.1) is 0 Å². The van der Waals surface area contributed by atoms with Crippen molar-refractivity contribution in [1.29, 1.82) is 0 Å². The first-order valence-electron chi connectivity index (χ1n) is 7.56. The molecule has 1 aliphatic rings. The lowest BCUT2D eigenvalue weighted by molar-refractivity contribution is -0.160. The molecule has 7 heteroatoms. The molecule has 1 aliphatic heterocycles. The number of carbonyl (C=O) groups excluding carboxylic acids is 2. The highest BCUT2D eigenvalue weighted by atomic mass is 16.5. The van der Waals surface area contributed by atoms with Crippen molar-refractivity contribution >= 4 is 11.8 Å². The van der Waals surface area contributed by atoms with Crippen LogP contribution in [0, 0.1) is 0 Å². The molecule has 1 atom stereocenters. The molecule has 2 amide bonds. The summed E-state index contributed by atoms with van der Waals surface area (Å²) in [6.45, 7) is 7.37. The van der Waals surface area contributed by atoms with Crippen molar-refractivity contribution < 1.29 is 14.3 Å². The average Bonchev–Trinajstić information content (AvgIpc) is 2.93. The number of aromatic nitrogens is 2. The molecule has 1 fully saturated rings. The second-order valence-corrected chi connectivity index (χ2v) is 6.14. The number of aryl methyl sites for hydroxylation is 1. The molecule has 7 nitrogen and oxygen atoms in total. The van der Waals surface area contributed by atoms with Gasteiger partial charge >= 0.3 is 0 Å².